The highest BCUT2D eigenvalue weighted by molar-refractivity contribution is 5.94. The van der Waals surface area contributed by atoms with Crippen molar-refractivity contribution < 1.29 is 34.5 Å². The summed E-state index contributed by atoms with van der Waals surface area (Å²) in [5.74, 6) is -3.49. The number of carboxylic acids is 1. The molecular formula is C24H30N4O7. The standard InChI is InChI=1S/C24H30N4O7/c1-14(25)21(31)26-18(12-16-7-9-17(30)10-8-16)22(32)27-19(11-15-5-3-2-4-6-15)23(33)28-20(13-29)24(34)35/h2-10,14,18-20,29-30H,11-13,25H2,1H3,(H,26,31)(H,27,32)(H,28,33)(H,34,35). The van der Waals surface area contributed by atoms with Crippen LogP contribution in [0.15, 0.2) is 54.6 Å². The van der Waals surface area contributed by atoms with Crippen LogP contribution in [0.4, 0.5) is 0 Å². The highest BCUT2D eigenvalue weighted by Crippen LogP contribution is 2.12. The maximum Gasteiger partial charge on any atom is 0.328 e. The van der Waals surface area contributed by atoms with Crippen LogP contribution < -0.4 is 21.7 Å². The average molecular weight is 487 g/mol. The summed E-state index contributed by atoms with van der Waals surface area (Å²) in [6.45, 7) is 0.623. The number of aromatic hydroxyl groups is 1. The monoisotopic (exact) mass is 486 g/mol. The number of hydrogen-bond acceptors (Lipinski definition) is 7. The minimum absolute atomic E-state index is 0.0311. The fourth-order valence-electron chi connectivity index (χ4n) is 3.17. The lowest BCUT2D eigenvalue weighted by Gasteiger charge is -2.25. The molecule has 11 nitrogen and oxygen atoms in total. The number of hydrogen-bond donors (Lipinski definition) is 7. The number of phenolic OH excluding ortho intramolecular Hbond substituents is 1. The molecule has 0 radical (unpaired) electrons. The number of carboxylic acid groups (broad SMARTS) is 1. The van der Waals surface area contributed by atoms with Gasteiger partial charge in [-0.3, -0.25) is 14.4 Å². The summed E-state index contributed by atoms with van der Waals surface area (Å²) >= 11 is 0. The topological polar surface area (TPSA) is 191 Å². The molecule has 3 amide bonds. The van der Waals surface area contributed by atoms with Gasteiger partial charge in [-0.15, -0.1) is 0 Å². The second-order valence-corrected chi connectivity index (χ2v) is 8.05. The predicted molar refractivity (Wildman–Crippen MR) is 126 cm³/mol. The normalized spacial score (nSPS) is 14.1. The molecule has 0 heterocycles. The van der Waals surface area contributed by atoms with Gasteiger partial charge in [-0.25, -0.2) is 4.79 Å². The second-order valence-electron chi connectivity index (χ2n) is 8.05. The highest BCUT2D eigenvalue weighted by Gasteiger charge is 2.30. The van der Waals surface area contributed by atoms with E-state index in [4.69, 9.17) is 10.8 Å². The zero-order chi connectivity index (χ0) is 26.0. The third-order valence-corrected chi connectivity index (χ3v) is 5.14. The van der Waals surface area contributed by atoms with Gasteiger partial charge in [0.1, 0.15) is 23.9 Å². The number of aliphatic hydroxyl groups excluding tert-OH is 1. The van der Waals surface area contributed by atoms with Crippen molar-refractivity contribution in [2.45, 2.75) is 43.9 Å². The van der Waals surface area contributed by atoms with E-state index in [1.807, 2.05) is 0 Å². The summed E-state index contributed by atoms with van der Waals surface area (Å²) < 4.78 is 0. The Morgan fingerprint density at radius 1 is 0.771 bits per heavy atom. The fraction of sp³-hybridized carbons (Fsp3) is 0.333. The zero-order valence-electron chi connectivity index (χ0n) is 19.2. The molecule has 2 aromatic carbocycles. The van der Waals surface area contributed by atoms with Gasteiger partial charge in [0, 0.05) is 12.8 Å². The molecule has 188 valence electrons. The third-order valence-electron chi connectivity index (χ3n) is 5.14. The first-order valence-electron chi connectivity index (χ1n) is 10.9. The number of aliphatic hydroxyl groups is 1. The van der Waals surface area contributed by atoms with Crippen LogP contribution in [0.5, 0.6) is 5.75 Å². The predicted octanol–water partition coefficient (Wildman–Crippen LogP) is -0.944. The van der Waals surface area contributed by atoms with E-state index < -0.39 is 54.5 Å². The fourth-order valence-corrected chi connectivity index (χ4v) is 3.17. The smallest absolute Gasteiger partial charge is 0.328 e. The van der Waals surface area contributed by atoms with Gasteiger partial charge >= 0.3 is 5.97 Å². The van der Waals surface area contributed by atoms with Gasteiger partial charge in [0.25, 0.3) is 0 Å². The SMILES string of the molecule is CC(N)C(=O)NC(Cc1ccc(O)cc1)C(=O)NC(Cc1ccccc1)C(=O)NC(CO)C(=O)O. The molecule has 8 N–H and O–H groups in total. The van der Waals surface area contributed by atoms with Crippen molar-refractivity contribution >= 4 is 23.7 Å². The number of nitrogens with one attached hydrogen (secondary N) is 3. The highest BCUT2D eigenvalue weighted by atomic mass is 16.4. The zero-order valence-corrected chi connectivity index (χ0v) is 19.2. The van der Waals surface area contributed by atoms with Crippen LogP contribution in [-0.4, -0.2) is 69.8 Å². The van der Waals surface area contributed by atoms with Crippen molar-refractivity contribution in [1.29, 1.82) is 0 Å². The lowest BCUT2D eigenvalue weighted by Crippen LogP contribution is -2.58. The largest absolute Gasteiger partial charge is 0.508 e. The number of amides is 3. The van der Waals surface area contributed by atoms with E-state index in [1.165, 1.54) is 19.1 Å². The molecule has 2 rings (SSSR count). The lowest BCUT2D eigenvalue weighted by molar-refractivity contribution is -0.143. The van der Waals surface area contributed by atoms with Gasteiger partial charge in [0.15, 0.2) is 0 Å². The molecule has 4 atom stereocenters. The Labute approximate surface area is 202 Å². The molecule has 0 bridgehead atoms. The van der Waals surface area contributed by atoms with Gasteiger partial charge in [0.2, 0.25) is 17.7 Å². The van der Waals surface area contributed by atoms with Crippen molar-refractivity contribution in [3.05, 3.63) is 65.7 Å². The van der Waals surface area contributed by atoms with Crippen LogP contribution in [0, 0.1) is 0 Å². The number of carbonyl (C=O) groups excluding carboxylic acids is 3. The van der Waals surface area contributed by atoms with Gasteiger partial charge in [-0.1, -0.05) is 42.5 Å². The van der Waals surface area contributed by atoms with Crippen molar-refractivity contribution in [2.75, 3.05) is 6.61 Å². The van der Waals surface area contributed by atoms with Crippen LogP contribution in [0.2, 0.25) is 0 Å². The molecule has 4 unspecified atom stereocenters. The Kier molecular flexibility index (Phi) is 10.2. The Morgan fingerprint density at radius 3 is 1.69 bits per heavy atom. The van der Waals surface area contributed by atoms with E-state index in [-0.39, 0.29) is 18.6 Å². The summed E-state index contributed by atoms with van der Waals surface area (Å²) in [4.78, 5) is 49.6. The minimum Gasteiger partial charge on any atom is -0.508 e. The first-order chi connectivity index (χ1) is 16.6. The van der Waals surface area contributed by atoms with E-state index in [9.17, 15) is 29.4 Å². The summed E-state index contributed by atoms with van der Waals surface area (Å²) in [5.41, 5.74) is 6.95. The molecule has 0 saturated heterocycles. The molecular weight excluding hydrogens is 456 g/mol. The second kappa shape index (κ2) is 13.1. The molecule has 0 aliphatic rings. The van der Waals surface area contributed by atoms with Crippen LogP contribution >= 0.6 is 0 Å². The molecule has 0 saturated carbocycles. The number of carbonyl (C=O) groups is 4. The summed E-state index contributed by atoms with van der Waals surface area (Å²) in [7, 11) is 0. The quantitative estimate of drug-likeness (QED) is 0.200. The van der Waals surface area contributed by atoms with Crippen molar-refractivity contribution in [3.63, 3.8) is 0 Å². The number of rotatable bonds is 12. The first-order valence-corrected chi connectivity index (χ1v) is 10.9. The number of phenols is 1. The van der Waals surface area contributed by atoms with Gasteiger partial charge in [0.05, 0.1) is 12.6 Å². The van der Waals surface area contributed by atoms with Crippen molar-refractivity contribution in [1.82, 2.24) is 16.0 Å². The Hall–Kier alpha value is -3.96. The van der Waals surface area contributed by atoms with Crippen LogP contribution in [0.1, 0.15) is 18.1 Å². The maximum atomic E-state index is 13.2. The summed E-state index contributed by atoms with van der Waals surface area (Å²) in [5, 5.41) is 35.3. The van der Waals surface area contributed by atoms with E-state index in [0.29, 0.717) is 11.1 Å². The van der Waals surface area contributed by atoms with E-state index >= 15 is 0 Å². The number of benzene rings is 2. The van der Waals surface area contributed by atoms with Crippen molar-refractivity contribution in [2.24, 2.45) is 5.73 Å². The maximum absolute atomic E-state index is 13.2. The molecule has 0 aliphatic carbocycles. The molecule has 35 heavy (non-hydrogen) atoms. The average Bonchev–Trinajstić information content (AvgIpc) is 2.83. The third kappa shape index (κ3) is 8.72. The Morgan fingerprint density at radius 2 is 1.23 bits per heavy atom. The summed E-state index contributed by atoms with van der Waals surface area (Å²) in [6, 6.07) is 10.0. The van der Waals surface area contributed by atoms with Gasteiger partial charge in [-0.2, -0.15) is 0 Å². The van der Waals surface area contributed by atoms with E-state index in [1.54, 1.807) is 42.5 Å². The minimum atomic E-state index is -1.55. The van der Waals surface area contributed by atoms with Crippen LogP contribution in [0.25, 0.3) is 0 Å². The van der Waals surface area contributed by atoms with Crippen molar-refractivity contribution in [3.8, 4) is 5.75 Å². The molecule has 0 spiro atoms. The molecule has 0 aromatic heterocycles. The van der Waals surface area contributed by atoms with Gasteiger partial charge < -0.3 is 37.0 Å². The first kappa shape index (κ1) is 27.3. The summed E-state index contributed by atoms with van der Waals surface area (Å²) in [6.07, 6.45) is 0.0714. The van der Waals surface area contributed by atoms with Crippen LogP contribution in [-0.2, 0) is 32.0 Å². The molecule has 0 fully saturated rings. The Bertz CT molecular complexity index is 1010. The molecule has 0 aliphatic heterocycles. The van der Waals surface area contributed by atoms with Gasteiger partial charge in [-0.05, 0) is 30.2 Å². The van der Waals surface area contributed by atoms with E-state index in [2.05, 4.69) is 16.0 Å². The lowest BCUT2D eigenvalue weighted by atomic mass is 10.0. The Balaban J connectivity index is 2.27. The molecule has 2 aromatic rings. The van der Waals surface area contributed by atoms with Crippen LogP contribution in [0.3, 0.4) is 0 Å². The van der Waals surface area contributed by atoms with E-state index in [0.717, 1.165) is 0 Å². The molecule has 11 heteroatoms. The number of aliphatic carboxylic acids is 1. The number of nitrogens with two attached hydrogens (primary N) is 1.